The molecule has 6 heteroatoms. The highest BCUT2D eigenvalue weighted by atomic mass is 32.1. The van der Waals surface area contributed by atoms with Crippen LogP contribution in [0.4, 0.5) is 0 Å². The maximum atomic E-state index is 12.0. The van der Waals surface area contributed by atoms with E-state index >= 15 is 0 Å². The molecule has 0 aliphatic heterocycles. The molecule has 2 N–H and O–H groups in total. The van der Waals surface area contributed by atoms with Crippen molar-refractivity contribution in [2.24, 2.45) is 0 Å². The number of nitrogens with zero attached hydrogens (tertiary/aromatic N) is 1. The van der Waals surface area contributed by atoms with E-state index in [2.05, 4.69) is 10.3 Å². The summed E-state index contributed by atoms with van der Waals surface area (Å²) < 4.78 is 0. The number of aromatic carboxylic acids is 1. The first-order chi connectivity index (χ1) is 10.5. The number of hydrogen-bond acceptors (Lipinski definition) is 4. The number of amides is 1. The van der Waals surface area contributed by atoms with Gasteiger partial charge in [0.1, 0.15) is 9.88 Å². The zero-order valence-corrected chi connectivity index (χ0v) is 13.3. The molecule has 2 aromatic rings. The summed E-state index contributed by atoms with van der Waals surface area (Å²) >= 11 is 1.11. The molecule has 1 unspecified atom stereocenters. The molecule has 0 fully saturated rings. The van der Waals surface area contributed by atoms with Crippen molar-refractivity contribution in [3.05, 3.63) is 51.5 Å². The Bertz CT molecular complexity index is 667. The second kappa shape index (κ2) is 7.17. The van der Waals surface area contributed by atoms with Crippen LogP contribution in [0.15, 0.2) is 30.3 Å². The van der Waals surface area contributed by atoms with Crippen LogP contribution >= 0.6 is 11.3 Å². The highest BCUT2D eigenvalue weighted by Crippen LogP contribution is 2.23. The van der Waals surface area contributed by atoms with Crippen LogP contribution in [0.5, 0.6) is 0 Å². The van der Waals surface area contributed by atoms with Crippen LogP contribution < -0.4 is 5.32 Å². The number of carboxylic acid groups (broad SMARTS) is 1. The zero-order valence-electron chi connectivity index (χ0n) is 12.5. The van der Waals surface area contributed by atoms with Gasteiger partial charge in [0, 0.05) is 6.42 Å². The molecule has 1 atom stereocenters. The van der Waals surface area contributed by atoms with Gasteiger partial charge >= 0.3 is 5.97 Å². The number of aryl methyl sites for hydroxylation is 2. The van der Waals surface area contributed by atoms with Gasteiger partial charge in [-0.3, -0.25) is 4.79 Å². The van der Waals surface area contributed by atoms with Gasteiger partial charge in [-0.15, -0.1) is 11.3 Å². The van der Waals surface area contributed by atoms with E-state index in [4.69, 9.17) is 5.11 Å². The zero-order chi connectivity index (χ0) is 16.1. The van der Waals surface area contributed by atoms with Gasteiger partial charge in [-0.25, -0.2) is 9.78 Å². The Labute approximate surface area is 133 Å². The Morgan fingerprint density at radius 3 is 2.59 bits per heavy atom. The number of carbonyl (C=O) groups is 2. The minimum Gasteiger partial charge on any atom is -0.477 e. The number of carbonyl (C=O) groups excluding carboxylic acids is 1. The minimum atomic E-state index is -0.983. The normalized spacial score (nSPS) is 11.9. The summed E-state index contributed by atoms with van der Waals surface area (Å²) in [6.45, 7) is 3.47. The number of carboxylic acids is 1. The van der Waals surface area contributed by atoms with Gasteiger partial charge in [0.05, 0.1) is 11.7 Å². The second-order valence-electron chi connectivity index (χ2n) is 5.05. The number of nitrogens with one attached hydrogen (secondary N) is 1. The summed E-state index contributed by atoms with van der Waals surface area (Å²) in [6.07, 6.45) is 1.07. The Balaban J connectivity index is 1.91. The predicted octanol–water partition coefficient (Wildman–Crippen LogP) is 2.96. The summed E-state index contributed by atoms with van der Waals surface area (Å²) in [6, 6.07) is 9.51. The molecule has 22 heavy (non-hydrogen) atoms. The monoisotopic (exact) mass is 318 g/mol. The van der Waals surface area contributed by atoms with E-state index < -0.39 is 5.97 Å². The highest BCUT2D eigenvalue weighted by Gasteiger charge is 2.19. The fraction of sp³-hybridized carbons (Fsp3) is 0.312. The molecule has 1 aromatic carbocycles. The van der Waals surface area contributed by atoms with E-state index in [1.54, 1.807) is 6.92 Å². The molecule has 2 rings (SSSR count). The van der Waals surface area contributed by atoms with Crippen molar-refractivity contribution in [3.8, 4) is 0 Å². The van der Waals surface area contributed by atoms with Gasteiger partial charge < -0.3 is 10.4 Å². The van der Waals surface area contributed by atoms with Crippen LogP contribution in [-0.2, 0) is 11.2 Å². The van der Waals surface area contributed by atoms with Crippen molar-refractivity contribution in [2.75, 3.05) is 0 Å². The van der Waals surface area contributed by atoms with Crippen molar-refractivity contribution in [2.45, 2.75) is 32.7 Å². The van der Waals surface area contributed by atoms with Crippen molar-refractivity contribution in [1.29, 1.82) is 0 Å². The third-order valence-electron chi connectivity index (χ3n) is 3.24. The summed E-state index contributed by atoms with van der Waals surface area (Å²) in [5.74, 6) is -1.05. The topological polar surface area (TPSA) is 79.3 Å². The molecule has 0 bridgehead atoms. The van der Waals surface area contributed by atoms with Gasteiger partial charge in [-0.05, 0) is 25.8 Å². The Morgan fingerprint density at radius 1 is 1.32 bits per heavy atom. The lowest BCUT2D eigenvalue weighted by molar-refractivity contribution is -0.121. The molecule has 116 valence electrons. The molecule has 5 nitrogen and oxygen atoms in total. The maximum absolute atomic E-state index is 12.0. The van der Waals surface area contributed by atoms with Crippen LogP contribution in [0.2, 0.25) is 0 Å². The fourth-order valence-corrected chi connectivity index (χ4v) is 2.99. The van der Waals surface area contributed by atoms with E-state index in [0.29, 0.717) is 23.5 Å². The van der Waals surface area contributed by atoms with Crippen molar-refractivity contribution in [3.63, 3.8) is 0 Å². The summed E-state index contributed by atoms with van der Waals surface area (Å²) in [4.78, 5) is 27.4. The number of rotatable bonds is 6. The van der Waals surface area contributed by atoms with Gasteiger partial charge in [0.25, 0.3) is 0 Å². The van der Waals surface area contributed by atoms with E-state index in [1.165, 1.54) is 0 Å². The minimum absolute atomic E-state index is 0.0684. The molecule has 0 aliphatic rings. The van der Waals surface area contributed by atoms with Gasteiger partial charge in [0.15, 0.2) is 0 Å². The average molecular weight is 318 g/mol. The maximum Gasteiger partial charge on any atom is 0.347 e. The molecule has 1 heterocycles. The molecule has 1 aromatic heterocycles. The third kappa shape index (κ3) is 4.14. The lowest BCUT2D eigenvalue weighted by atomic mass is 10.1. The van der Waals surface area contributed by atoms with Gasteiger partial charge in [-0.2, -0.15) is 0 Å². The highest BCUT2D eigenvalue weighted by molar-refractivity contribution is 7.13. The van der Waals surface area contributed by atoms with Crippen LogP contribution in [0, 0.1) is 6.92 Å². The Kier molecular flexibility index (Phi) is 5.27. The first-order valence-electron chi connectivity index (χ1n) is 7.01. The largest absolute Gasteiger partial charge is 0.477 e. The Hall–Kier alpha value is -2.21. The molecule has 1 amide bonds. The molecule has 0 radical (unpaired) electrons. The van der Waals surface area contributed by atoms with E-state index in [0.717, 1.165) is 16.9 Å². The smallest absolute Gasteiger partial charge is 0.347 e. The van der Waals surface area contributed by atoms with Gasteiger partial charge in [0.2, 0.25) is 5.91 Å². The Morgan fingerprint density at radius 2 is 2.00 bits per heavy atom. The quantitative estimate of drug-likeness (QED) is 0.858. The van der Waals surface area contributed by atoms with Crippen molar-refractivity contribution < 1.29 is 14.7 Å². The number of hydrogen-bond donors (Lipinski definition) is 2. The van der Waals surface area contributed by atoms with Crippen LogP contribution in [-0.4, -0.2) is 22.0 Å². The van der Waals surface area contributed by atoms with Crippen LogP contribution in [0.3, 0.4) is 0 Å². The molecule has 0 saturated carbocycles. The standard InChI is InChI=1S/C16H18N2O3S/c1-10-14(16(20)21)22-15(18-10)11(2)17-13(19)9-8-12-6-4-3-5-7-12/h3-7,11H,8-9H2,1-2H3,(H,17,19)(H,20,21). The molecular formula is C16H18N2O3S. The molecular weight excluding hydrogens is 300 g/mol. The summed E-state index contributed by atoms with van der Waals surface area (Å²) in [7, 11) is 0. The molecule has 0 aliphatic carbocycles. The molecule has 0 saturated heterocycles. The van der Waals surface area contributed by atoms with Gasteiger partial charge in [-0.1, -0.05) is 30.3 Å². The summed E-state index contributed by atoms with van der Waals surface area (Å²) in [5, 5.41) is 12.5. The van der Waals surface area contributed by atoms with Crippen molar-refractivity contribution >= 4 is 23.2 Å². The fourth-order valence-electron chi connectivity index (χ4n) is 2.08. The SMILES string of the molecule is Cc1nc(C(C)NC(=O)CCc2ccccc2)sc1C(=O)O. The predicted molar refractivity (Wildman–Crippen MR) is 85.1 cm³/mol. The average Bonchev–Trinajstić information content (AvgIpc) is 2.88. The molecule has 0 spiro atoms. The van der Waals surface area contributed by atoms with E-state index in [-0.39, 0.29) is 16.8 Å². The lowest BCUT2D eigenvalue weighted by Gasteiger charge is -2.11. The first-order valence-corrected chi connectivity index (χ1v) is 7.83. The van der Waals surface area contributed by atoms with Crippen LogP contribution in [0.25, 0.3) is 0 Å². The van der Waals surface area contributed by atoms with E-state index in [1.807, 2.05) is 37.3 Å². The number of thiazole rings is 1. The lowest BCUT2D eigenvalue weighted by Crippen LogP contribution is -2.26. The van der Waals surface area contributed by atoms with Crippen molar-refractivity contribution in [1.82, 2.24) is 10.3 Å². The van der Waals surface area contributed by atoms with Crippen LogP contribution in [0.1, 0.15) is 45.3 Å². The second-order valence-corrected chi connectivity index (χ2v) is 6.08. The number of benzene rings is 1. The number of aromatic nitrogens is 1. The summed E-state index contributed by atoms with van der Waals surface area (Å²) in [5.41, 5.74) is 1.60. The third-order valence-corrected chi connectivity index (χ3v) is 4.57. The van der Waals surface area contributed by atoms with E-state index in [9.17, 15) is 9.59 Å². The first kappa shape index (κ1) is 16.2.